The molecule has 0 unspecified atom stereocenters. The van der Waals surface area contributed by atoms with Gasteiger partial charge in [0.05, 0.1) is 11.8 Å². The van der Waals surface area contributed by atoms with E-state index in [-0.39, 0.29) is 5.91 Å². The maximum atomic E-state index is 11.9. The van der Waals surface area contributed by atoms with Crippen LogP contribution in [0, 0.1) is 0 Å². The van der Waals surface area contributed by atoms with Crippen LogP contribution < -0.4 is 5.73 Å². The number of benzene rings is 1. The number of aromatic amines is 1. The number of nitrogens with two attached hydrogens (primary N) is 1. The monoisotopic (exact) mass is 230 g/mol. The van der Waals surface area contributed by atoms with Crippen LogP contribution in [0.3, 0.4) is 0 Å². The number of nitrogens with zero attached hydrogens (tertiary/aromatic N) is 2. The molecule has 2 rings (SSSR count). The lowest BCUT2D eigenvalue weighted by Crippen LogP contribution is -2.22. The molecule has 5 nitrogen and oxygen atoms in total. The number of H-pyrrole nitrogens is 1. The molecule has 1 aromatic heterocycles. The molecule has 3 N–H and O–H groups in total. The average Bonchev–Trinajstić information content (AvgIpc) is 2.82. The highest BCUT2D eigenvalue weighted by Crippen LogP contribution is 2.23. The number of nitrogens with one attached hydrogen (secondary N) is 1. The van der Waals surface area contributed by atoms with Crippen LogP contribution >= 0.6 is 0 Å². The summed E-state index contributed by atoms with van der Waals surface area (Å²) >= 11 is 0. The molecule has 0 bridgehead atoms. The Hall–Kier alpha value is -2.30. The fourth-order valence-electron chi connectivity index (χ4n) is 1.57. The van der Waals surface area contributed by atoms with Gasteiger partial charge >= 0.3 is 0 Å². The van der Waals surface area contributed by atoms with Crippen molar-refractivity contribution in [1.29, 1.82) is 0 Å². The third kappa shape index (κ3) is 2.13. The van der Waals surface area contributed by atoms with Gasteiger partial charge in [0.25, 0.3) is 5.91 Å². The smallest absolute Gasteiger partial charge is 0.255 e. The summed E-state index contributed by atoms with van der Waals surface area (Å²) in [5.41, 5.74) is 8.64. The molecular formula is C12H14N4O. The predicted molar refractivity (Wildman–Crippen MR) is 66.5 cm³/mol. The van der Waals surface area contributed by atoms with Crippen molar-refractivity contribution in [2.24, 2.45) is 0 Å². The number of hydrogen-bond donors (Lipinski definition) is 2. The lowest BCUT2D eigenvalue weighted by atomic mass is 10.0. The lowest BCUT2D eigenvalue weighted by molar-refractivity contribution is 0.0828. The molecule has 0 aliphatic heterocycles. The first-order valence-corrected chi connectivity index (χ1v) is 5.20. The summed E-state index contributed by atoms with van der Waals surface area (Å²) in [6, 6.07) is 5.38. The third-order valence-electron chi connectivity index (χ3n) is 2.52. The van der Waals surface area contributed by atoms with E-state index in [9.17, 15) is 4.79 Å². The highest BCUT2D eigenvalue weighted by Gasteiger charge is 2.13. The first kappa shape index (κ1) is 11.2. The van der Waals surface area contributed by atoms with E-state index in [4.69, 9.17) is 5.73 Å². The summed E-state index contributed by atoms with van der Waals surface area (Å²) < 4.78 is 0. The van der Waals surface area contributed by atoms with E-state index in [0.717, 1.165) is 11.1 Å². The third-order valence-corrected chi connectivity index (χ3v) is 2.52. The zero-order valence-corrected chi connectivity index (χ0v) is 9.77. The second kappa shape index (κ2) is 4.29. The molecule has 0 fully saturated rings. The quantitative estimate of drug-likeness (QED) is 0.765. The van der Waals surface area contributed by atoms with E-state index in [1.54, 1.807) is 38.6 Å². The second-order valence-electron chi connectivity index (χ2n) is 3.99. The molecule has 0 aliphatic carbocycles. The van der Waals surface area contributed by atoms with Gasteiger partial charge in [0.2, 0.25) is 0 Å². The molecule has 0 saturated heterocycles. The Morgan fingerprint density at radius 3 is 2.71 bits per heavy atom. The number of aromatic nitrogens is 2. The van der Waals surface area contributed by atoms with Crippen LogP contribution in [0.4, 0.5) is 5.69 Å². The normalized spacial score (nSPS) is 10.2. The first-order chi connectivity index (χ1) is 8.09. The van der Waals surface area contributed by atoms with Gasteiger partial charge in [-0.05, 0) is 17.7 Å². The van der Waals surface area contributed by atoms with Gasteiger partial charge in [-0.25, -0.2) is 0 Å². The number of carbonyl (C=O) groups is 1. The number of anilines is 1. The van der Waals surface area contributed by atoms with Crippen molar-refractivity contribution in [2.75, 3.05) is 19.8 Å². The van der Waals surface area contributed by atoms with Crippen molar-refractivity contribution in [2.45, 2.75) is 0 Å². The molecule has 0 atom stereocenters. The van der Waals surface area contributed by atoms with E-state index in [0.29, 0.717) is 11.3 Å². The number of nitrogen functional groups attached to an aromatic ring is 1. The summed E-state index contributed by atoms with van der Waals surface area (Å²) in [5.74, 6) is -0.104. The number of hydrogen-bond acceptors (Lipinski definition) is 3. The maximum absolute atomic E-state index is 11.9. The van der Waals surface area contributed by atoms with Crippen molar-refractivity contribution < 1.29 is 4.79 Å². The van der Waals surface area contributed by atoms with Crippen LogP contribution in [0.5, 0.6) is 0 Å². The van der Waals surface area contributed by atoms with Crippen LogP contribution in [0.15, 0.2) is 30.6 Å². The van der Waals surface area contributed by atoms with E-state index < -0.39 is 0 Å². The largest absolute Gasteiger partial charge is 0.398 e. The Morgan fingerprint density at radius 1 is 1.35 bits per heavy atom. The molecule has 5 heteroatoms. The highest BCUT2D eigenvalue weighted by molar-refractivity contribution is 6.00. The standard InChI is InChI=1S/C12H14N4O/c1-16(2)12(17)10-5-8(3-4-11(10)13)9-6-14-15-7-9/h3-7H,13H2,1-2H3,(H,14,15). The molecule has 1 aromatic carbocycles. The van der Waals surface area contributed by atoms with Crippen LogP contribution in [0.2, 0.25) is 0 Å². The summed E-state index contributed by atoms with van der Waals surface area (Å²) in [4.78, 5) is 13.4. The van der Waals surface area contributed by atoms with Crippen LogP contribution in [-0.4, -0.2) is 35.1 Å². The fourth-order valence-corrected chi connectivity index (χ4v) is 1.57. The van der Waals surface area contributed by atoms with Crippen molar-refractivity contribution in [1.82, 2.24) is 15.1 Å². The van der Waals surface area contributed by atoms with E-state index in [2.05, 4.69) is 10.2 Å². The van der Waals surface area contributed by atoms with E-state index in [1.807, 2.05) is 6.07 Å². The second-order valence-corrected chi connectivity index (χ2v) is 3.99. The summed E-state index contributed by atoms with van der Waals surface area (Å²) in [6.45, 7) is 0. The molecule has 88 valence electrons. The fraction of sp³-hybridized carbons (Fsp3) is 0.167. The van der Waals surface area contributed by atoms with Gasteiger partial charge in [-0.3, -0.25) is 9.89 Å². The van der Waals surface area contributed by atoms with E-state index >= 15 is 0 Å². The van der Waals surface area contributed by atoms with Gasteiger partial charge in [-0.2, -0.15) is 5.10 Å². The number of rotatable bonds is 2. The Labute approximate surface area is 99.2 Å². The molecule has 17 heavy (non-hydrogen) atoms. The summed E-state index contributed by atoms with van der Waals surface area (Å²) in [6.07, 6.45) is 3.48. The minimum Gasteiger partial charge on any atom is -0.398 e. The van der Waals surface area contributed by atoms with Crippen molar-refractivity contribution in [3.63, 3.8) is 0 Å². The summed E-state index contributed by atoms with van der Waals surface area (Å²) in [7, 11) is 3.40. The zero-order valence-electron chi connectivity index (χ0n) is 9.77. The average molecular weight is 230 g/mol. The molecule has 0 aliphatic rings. The van der Waals surface area contributed by atoms with Gasteiger partial charge < -0.3 is 10.6 Å². The van der Waals surface area contributed by atoms with Crippen LogP contribution in [0.25, 0.3) is 11.1 Å². The van der Waals surface area contributed by atoms with Gasteiger partial charge in [-0.1, -0.05) is 6.07 Å². The molecule has 0 radical (unpaired) electrons. The molecular weight excluding hydrogens is 216 g/mol. The van der Waals surface area contributed by atoms with E-state index in [1.165, 1.54) is 4.90 Å². The van der Waals surface area contributed by atoms with Crippen molar-refractivity contribution in [3.05, 3.63) is 36.2 Å². The van der Waals surface area contributed by atoms with Crippen LogP contribution in [0.1, 0.15) is 10.4 Å². The van der Waals surface area contributed by atoms with Crippen molar-refractivity contribution >= 4 is 11.6 Å². The Kier molecular flexibility index (Phi) is 2.82. The molecule has 2 aromatic rings. The first-order valence-electron chi connectivity index (χ1n) is 5.20. The number of amides is 1. The SMILES string of the molecule is CN(C)C(=O)c1cc(-c2cn[nH]c2)ccc1N. The van der Waals surface area contributed by atoms with Gasteiger partial charge in [0, 0.05) is 31.5 Å². The highest BCUT2D eigenvalue weighted by atomic mass is 16.2. The topological polar surface area (TPSA) is 75.0 Å². The minimum absolute atomic E-state index is 0.104. The Balaban J connectivity index is 2.47. The Bertz CT molecular complexity index is 531. The molecule has 0 spiro atoms. The maximum Gasteiger partial charge on any atom is 0.255 e. The zero-order chi connectivity index (χ0) is 12.4. The lowest BCUT2D eigenvalue weighted by Gasteiger charge is -2.13. The number of carbonyl (C=O) groups excluding carboxylic acids is 1. The molecule has 1 heterocycles. The van der Waals surface area contributed by atoms with Crippen LogP contribution in [-0.2, 0) is 0 Å². The predicted octanol–water partition coefficient (Wildman–Crippen LogP) is 1.36. The van der Waals surface area contributed by atoms with Gasteiger partial charge in [0.1, 0.15) is 0 Å². The van der Waals surface area contributed by atoms with Crippen molar-refractivity contribution in [3.8, 4) is 11.1 Å². The Morgan fingerprint density at radius 2 is 2.12 bits per heavy atom. The summed E-state index contributed by atoms with van der Waals surface area (Å²) in [5, 5.41) is 6.62. The molecule has 1 amide bonds. The molecule has 0 saturated carbocycles. The van der Waals surface area contributed by atoms with Gasteiger partial charge in [0.15, 0.2) is 0 Å². The van der Waals surface area contributed by atoms with Gasteiger partial charge in [-0.15, -0.1) is 0 Å². The minimum atomic E-state index is -0.104.